The maximum absolute atomic E-state index is 13.0. The first kappa shape index (κ1) is 15.8. The third kappa shape index (κ3) is 2.79. The van der Waals surface area contributed by atoms with Crippen LogP contribution < -0.4 is 0 Å². The smallest absolute Gasteiger partial charge is 0.274 e. The molecule has 1 amide bonds. The SMILES string of the molecule is Cc1cc(C)n2nc(C(=O)N3CCC[C@@H](c4nccn4C)C3)cc2n1. The second-order valence-electron chi connectivity index (χ2n) is 6.83. The van der Waals surface area contributed by atoms with Gasteiger partial charge in [-0.1, -0.05) is 0 Å². The summed E-state index contributed by atoms with van der Waals surface area (Å²) in [7, 11) is 2.00. The average Bonchev–Trinajstić information content (AvgIpc) is 3.20. The number of imidazole rings is 1. The molecular formula is C18H22N6O. The Labute approximate surface area is 146 Å². The lowest BCUT2D eigenvalue weighted by molar-refractivity contribution is 0.0697. The fourth-order valence-corrected chi connectivity index (χ4v) is 3.70. The predicted octanol–water partition coefficient (Wildman–Crippen LogP) is 2.10. The van der Waals surface area contributed by atoms with Gasteiger partial charge in [-0.05, 0) is 32.8 Å². The van der Waals surface area contributed by atoms with Crippen LogP contribution in [0.15, 0.2) is 24.5 Å². The van der Waals surface area contributed by atoms with Crippen molar-refractivity contribution in [3.8, 4) is 0 Å². The summed E-state index contributed by atoms with van der Waals surface area (Å²) in [6, 6.07) is 3.75. The number of aryl methyl sites for hydroxylation is 3. The Balaban J connectivity index is 1.60. The number of carbonyl (C=O) groups is 1. The molecule has 3 aromatic heterocycles. The van der Waals surface area contributed by atoms with Crippen LogP contribution in [0, 0.1) is 13.8 Å². The Hall–Kier alpha value is -2.70. The number of carbonyl (C=O) groups excluding carboxylic acids is 1. The van der Waals surface area contributed by atoms with Gasteiger partial charge in [0, 0.05) is 55.9 Å². The Kier molecular flexibility index (Phi) is 3.78. The molecule has 1 fully saturated rings. The maximum atomic E-state index is 13.0. The van der Waals surface area contributed by atoms with E-state index in [0.717, 1.165) is 42.2 Å². The van der Waals surface area contributed by atoms with Gasteiger partial charge in [0.15, 0.2) is 11.3 Å². The summed E-state index contributed by atoms with van der Waals surface area (Å²) in [5, 5.41) is 4.48. The van der Waals surface area contributed by atoms with Gasteiger partial charge in [0.05, 0.1) is 0 Å². The molecule has 1 aliphatic heterocycles. The van der Waals surface area contributed by atoms with Crippen LogP contribution in [0.25, 0.3) is 5.65 Å². The van der Waals surface area contributed by atoms with Gasteiger partial charge in [-0.2, -0.15) is 5.10 Å². The van der Waals surface area contributed by atoms with Crippen molar-refractivity contribution in [2.24, 2.45) is 7.05 Å². The van der Waals surface area contributed by atoms with Crippen molar-refractivity contribution < 1.29 is 4.79 Å². The number of aromatic nitrogens is 5. The van der Waals surface area contributed by atoms with Crippen LogP contribution in [0.5, 0.6) is 0 Å². The standard InChI is InChI=1S/C18H22N6O/c1-12-9-13(2)24-16(20-12)10-15(21-24)18(25)23-7-4-5-14(11-23)17-19-6-8-22(17)3/h6,8-10,14H,4-5,7,11H2,1-3H3/t14-/m1/s1. The molecule has 7 nitrogen and oxygen atoms in total. The van der Waals surface area contributed by atoms with Gasteiger partial charge in [-0.15, -0.1) is 0 Å². The van der Waals surface area contributed by atoms with Crippen LogP contribution >= 0.6 is 0 Å². The summed E-state index contributed by atoms with van der Waals surface area (Å²) in [6.45, 7) is 5.37. The lowest BCUT2D eigenvalue weighted by atomic mass is 9.97. The minimum atomic E-state index is -0.0264. The number of nitrogens with zero attached hydrogens (tertiary/aromatic N) is 6. The molecule has 0 unspecified atom stereocenters. The first-order valence-corrected chi connectivity index (χ1v) is 8.63. The Morgan fingerprint density at radius 1 is 1.28 bits per heavy atom. The monoisotopic (exact) mass is 338 g/mol. The van der Waals surface area contributed by atoms with Crippen LogP contribution in [0.1, 0.15) is 46.5 Å². The Morgan fingerprint density at radius 3 is 2.88 bits per heavy atom. The zero-order valence-electron chi connectivity index (χ0n) is 14.8. The summed E-state index contributed by atoms with van der Waals surface area (Å²) in [6.07, 6.45) is 5.80. The highest BCUT2D eigenvalue weighted by Gasteiger charge is 2.28. The predicted molar refractivity (Wildman–Crippen MR) is 93.5 cm³/mol. The van der Waals surface area contributed by atoms with Gasteiger partial charge >= 0.3 is 0 Å². The van der Waals surface area contributed by atoms with Crippen molar-refractivity contribution in [3.05, 3.63) is 47.4 Å². The van der Waals surface area contributed by atoms with E-state index in [2.05, 4.69) is 15.1 Å². The van der Waals surface area contributed by atoms with E-state index >= 15 is 0 Å². The van der Waals surface area contributed by atoms with E-state index in [1.807, 2.05) is 48.8 Å². The van der Waals surface area contributed by atoms with E-state index in [9.17, 15) is 4.79 Å². The molecule has 4 rings (SSSR count). The normalized spacial score (nSPS) is 18.0. The maximum Gasteiger partial charge on any atom is 0.274 e. The first-order chi connectivity index (χ1) is 12.0. The topological polar surface area (TPSA) is 68.3 Å². The van der Waals surface area contributed by atoms with Crippen molar-refractivity contribution >= 4 is 11.6 Å². The molecule has 0 radical (unpaired) electrons. The van der Waals surface area contributed by atoms with Crippen LogP contribution in [-0.2, 0) is 7.05 Å². The molecule has 1 atom stereocenters. The van der Waals surface area contributed by atoms with Crippen molar-refractivity contribution in [1.29, 1.82) is 0 Å². The van der Waals surface area contributed by atoms with Crippen LogP contribution in [0.3, 0.4) is 0 Å². The fourth-order valence-electron chi connectivity index (χ4n) is 3.70. The second kappa shape index (κ2) is 5.98. The van der Waals surface area contributed by atoms with E-state index in [0.29, 0.717) is 12.2 Å². The third-order valence-corrected chi connectivity index (χ3v) is 4.88. The zero-order chi connectivity index (χ0) is 17.6. The second-order valence-corrected chi connectivity index (χ2v) is 6.83. The van der Waals surface area contributed by atoms with E-state index < -0.39 is 0 Å². The van der Waals surface area contributed by atoms with Crippen molar-refractivity contribution in [2.75, 3.05) is 13.1 Å². The van der Waals surface area contributed by atoms with Crippen molar-refractivity contribution in [1.82, 2.24) is 29.0 Å². The van der Waals surface area contributed by atoms with Gasteiger partial charge in [0.1, 0.15) is 5.82 Å². The number of piperidine rings is 1. The van der Waals surface area contributed by atoms with Crippen LogP contribution in [0.4, 0.5) is 0 Å². The molecule has 0 bridgehead atoms. The van der Waals surface area contributed by atoms with Crippen molar-refractivity contribution in [3.63, 3.8) is 0 Å². The lowest BCUT2D eigenvalue weighted by Gasteiger charge is -2.32. The zero-order valence-corrected chi connectivity index (χ0v) is 14.8. The highest BCUT2D eigenvalue weighted by molar-refractivity contribution is 5.93. The molecule has 0 aliphatic carbocycles. The molecular weight excluding hydrogens is 316 g/mol. The van der Waals surface area contributed by atoms with Gasteiger partial charge in [-0.3, -0.25) is 4.79 Å². The molecule has 0 N–H and O–H groups in total. The Morgan fingerprint density at radius 2 is 2.12 bits per heavy atom. The van der Waals surface area contributed by atoms with Gasteiger partial charge in [0.25, 0.3) is 5.91 Å². The summed E-state index contributed by atoms with van der Waals surface area (Å²) in [4.78, 5) is 23.8. The van der Waals surface area contributed by atoms with Crippen LogP contribution in [0.2, 0.25) is 0 Å². The minimum Gasteiger partial charge on any atom is -0.338 e. The van der Waals surface area contributed by atoms with E-state index in [4.69, 9.17) is 0 Å². The lowest BCUT2D eigenvalue weighted by Crippen LogP contribution is -2.39. The summed E-state index contributed by atoms with van der Waals surface area (Å²) >= 11 is 0. The summed E-state index contributed by atoms with van der Waals surface area (Å²) in [5.41, 5.74) is 3.09. The Bertz CT molecular complexity index is 940. The molecule has 130 valence electrons. The fraction of sp³-hybridized carbons (Fsp3) is 0.444. The van der Waals surface area contributed by atoms with Gasteiger partial charge in [0.2, 0.25) is 0 Å². The minimum absolute atomic E-state index is 0.0264. The number of hydrogen-bond acceptors (Lipinski definition) is 4. The van der Waals surface area contributed by atoms with E-state index in [1.165, 1.54) is 0 Å². The number of hydrogen-bond donors (Lipinski definition) is 0. The number of amides is 1. The molecule has 3 aromatic rings. The molecule has 25 heavy (non-hydrogen) atoms. The number of fused-ring (bicyclic) bond motifs is 1. The molecule has 0 saturated carbocycles. The largest absolute Gasteiger partial charge is 0.338 e. The average molecular weight is 338 g/mol. The van der Waals surface area contributed by atoms with Gasteiger partial charge in [-0.25, -0.2) is 14.5 Å². The molecule has 4 heterocycles. The van der Waals surface area contributed by atoms with E-state index in [-0.39, 0.29) is 11.8 Å². The number of rotatable bonds is 2. The van der Waals surface area contributed by atoms with Crippen molar-refractivity contribution in [2.45, 2.75) is 32.6 Å². The first-order valence-electron chi connectivity index (χ1n) is 8.63. The highest BCUT2D eigenvalue weighted by atomic mass is 16.2. The molecule has 0 spiro atoms. The summed E-state index contributed by atoms with van der Waals surface area (Å²) < 4.78 is 3.78. The number of likely N-dealkylation sites (tertiary alicyclic amines) is 1. The van der Waals surface area contributed by atoms with Gasteiger partial charge < -0.3 is 9.47 Å². The van der Waals surface area contributed by atoms with E-state index in [1.54, 1.807) is 10.6 Å². The molecule has 0 aromatic carbocycles. The quantitative estimate of drug-likeness (QED) is 0.717. The molecule has 1 saturated heterocycles. The molecule has 7 heteroatoms. The summed E-state index contributed by atoms with van der Waals surface area (Å²) in [5.74, 6) is 1.29. The van der Waals surface area contributed by atoms with Crippen LogP contribution in [-0.4, -0.2) is 48.0 Å². The third-order valence-electron chi connectivity index (χ3n) is 4.88. The highest BCUT2D eigenvalue weighted by Crippen LogP contribution is 2.26. The molecule has 1 aliphatic rings.